The normalized spacial score (nSPS) is 35.2. The van der Waals surface area contributed by atoms with E-state index in [1.165, 1.54) is 0 Å². The van der Waals surface area contributed by atoms with Crippen molar-refractivity contribution in [2.45, 2.75) is 18.2 Å². The molecule has 4 rings (SSSR count). The van der Waals surface area contributed by atoms with Crippen molar-refractivity contribution in [1.82, 2.24) is 4.90 Å². The van der Waals surface area contributed by atoms with Gasteiger partial charge in [-0.1, -0.05) is 42.0 Å². The number of ether oxygens (including phenoxy) is 1. The van der Waals surface area contributed by atoms with Gasteiger partial charge in [0.05, 0.1) is 18.6 Å². The fraction of sp³-hybridized carbons (Fsp3) is 0.375. The van der Waals surface area contributed by atoms with E-state index in [9.17, 15) is 14.7 Å². The van der Waals surface area contributed by atoms with Crippen molar-refractivity contribution in [2.24, 2.45) is 11.8 Å². The molecular weight excluding hydrogens is 306 g/mol. The lowest BCUT2D eigenvalue weighted by Gasteiger charge is -2.21. The van der Waals surface area contributed by atoms with Crippen LogP contribution in [0.3, 0.4) is 0 Å². The molecule has 2 bridgehead atoms. The van der Waals surface area contributed by atoms with Crippen LogP contribution >= 0.6 is 11.6 Å². The largest absolute Gasteiger partial charge is 0.481 e. The van der Waals surface area contributed by atoms with E-state index >= 15 is 0 Å². The number of rotatable bonds is 3. The molecular formula is C16H14ClNO4. The molecule has 6 heteroatoms. The van der Waals surface area contributed by atoms with Gasteiger partial charge in [0.15, 0.2) is 0 Å². The van der Waals surface area contributed by atoms with Gasteiger partial charge < -0.3 is 14.7 Å². The Hall–Kier alpha value is -1.85. The predicted molar refractivity (Wildman–Crippen MR) is 78.2 cm³/mol. The van der Waals surface area contributed by atoms with Crippen molar-refractivity contribution in [1.29, 1.82) is 0 Å². The fourth-order valence-electron chi connectivity index (χ4n) is 3.83. The van der Waals surface area contributed by atoms with Crippen molar-refractivity contribution in [3.63, 3.8) is 0 Å². The summed E-state index contributed by atoms with van der Waals surface area (Å²) in [4.78, 5) is 25.8. The van der Waals surface area contributed by atoms with E-state index in [2.05, 4.69) is 0 Å². The molecule has 0 radical (unpaired) electrons. The number of carbonyl (C=O) groups excluding carboxylic acids is 1. The highest BCUT2D eigenvalue weighted by Gasteiger charge is 2.66. The summed E-state index contributed by atoms with van der Waals surface area (Å²) in [5, 5.41) is 10.0. The first-order valence-electron chi connectivity index (χ1n) is 7.14. The maximum atomic E-state index is 12.7. The number of carbonyl (C=O) groups is 2. The van der Waals surface area contributed by atoms with Crippen LogP contribution in [0.25, 0.3) is 0 Å². The smallest absolute Gasteiger partial charge is 0.310 e. The third-order valence-electron chi connectivity index (χ3n) is 4.78. The minimum absolute atomic E-state index is 0.167. The third-order valence-corrected chi connectivity index (χ3v) is 5.15. The Labute approximate surface area is 132 Å². The van der Waals surface area contributed by atoms with Crippen molar-refractivity contribution < 1.29 is 19.4 Å². The van der Waals surface area contributed by atoms with Crippen molar-refractivity contribution in [3.05, 3.63) is 47.0 Å². The van der Waals surface area contributed by atoms with Crippen molar-refractivity contribution in [2.75, 3.05) is 6.54 Å². The second kappa shape index (κ2) is 4.57. The topological polar surface area (TPSA) is 66.8 Å². The highest BCUT2D eigenvalue weighted by atomic mass is 35.5. The molecule has 3 aliphatic rings. The van der Waals surface area contributed by atoms with E-state index in [4.69, 9.17) is 16.3 Å². The lowest BCUT2D eigenvalue weighted by atomic mass is 9.77. The molecule has 1 spiro atoms. The average Bonchev–Trinajstić information content (AvgIpc) is 3.10. The lowest BCUT2D eigenvalue weighted by molar-refractivity contribution is -0.148. The van der Waals surface area contributed by atoms with Gasteiger partial charge in [0.1, 0.15) is 11.5 Å². The Morgan fingerprint density at radius 2 is 2.23 bits per heavy atom. The zero-order chi connectivity index (χ0) is 15.5. The Kier molecular flexibility index (Phi) is 2.86. The molecule has 3 aliphatic heterocycles. The summed E-state index contributed by atoms with van der Waals surface area (Å²) in [5.41, 5.74) is 0.0609. The van der Waals surface area contributed by atoms with Gasteiger partial charge in [0.2, 0.25) is 5.91 Å². The first-order valence-corrected chi connectivity index (χ1v) is 7.52. The maximum Gasteiger partial charge on any atom is 0.310 e. The third kappa shape index (κ3) is 1.76. The second-order valence-corrected chi connectivity index (χ2v) is 6.43. The number of hydrogen-bond donors (Lipinski definition) is 1. The minimum atomic E-state index is -0.978. The molecule has 1 aromatic carbocycles. The van der Waals surface area contributed by atoms with Gasteiger partial charge >= 0.3 is 5.97 Å². The molecule has 1 N–H and O–H groups in total. The Bertz CT molecular complexity index is 703. The number of carboxylic acid groups (broad SMARTS) is 1. The van der Waals surface area contributed by atoms with E-state index in [1.54, 1.807) is 17.0 Å². The Morgan fingerprint density at radius 3 is 2.95 bits per heavy atom. The van der Waals surface area contributed by atoms with Gasteiger partial charge in [-0.15, -0.1) is 0 Å². The van der Waals surface area contributed by atoms with E-state index in [0.717, 1.165) is 5.56 Å². The summed E-state index contributed by atoms with van der Waals surface area (Å²) >= 11 is 6.15. The zero-order valence-corrected chi connectivity index (χ0v) is 12.4. The molecule has 114 valence electrons. The van der Waals surface area contributed by atoms with Gasteiger partial charge in [-0.05, 0) is 11.6 Å². The number of amides is 1. The number of likely N-dealkylation sites (tertiary alicyclic amines) is 1. The van der Waals surface area contributed by atoms with Gasteiger partial charge in [-0.3, -0.25) is 9.59 Å². The van der Waals surface area contributed by atoms with Crippen LogP contribution in [0.5, 0.6) is 0 Å². The molecule has 1 amide bonds. The molecule has 4 atom stereocenters. The first kappa shape index (κ1) is 13.8. The average molecular weight is 320 g/mol. The maximum absolute atomic E-state index is 12.7. The van der Waals surface area contributed by atoms with Crippen LogP contribution in [0.4, 0.5) is 0 Å². The van der Waals surface area contributed by atoms with Gasteiger partial charge in [-0.2, -0.15) is 0 Å². The number of halogens is 1. The van der Waals surface area contributed by atoms with Crippen LogP contribution in [-0.2, 0) is 20.9 Å². The highest BCUT2D eigenvalue weighted by molar-refractivity contribution is 6.31. The number of benzene rings is 1. The summed E-state index contributed by atoms with van der Waals surface area (Å²) in [7, 11) is 0. The fourth-order valence-corrected chi connectivity index (χ4v) is 4.02. The molecule has 2 saturated heterocycles. The van der Waals surface area contributed by atoms with Gasteiger partial charge in [-0.25, -0.2) is 0 Å². The van der Waals surface area contributed by atoms with Gasteiger partial charge in [0.25, 0.3) is 0 Å². The van der Waals surface area contributed by atoms with E-state index in [-0.39, 0.29) is 5.91 Å². The van der Waals surface area contributed by atoms with Crippen molar-refractivity contribution >= 4 is 23.5 Å². The van der Waals surface area contributed by atoms with Crippen LogP contribution in [-0.4, -0.2) is 40.1 Å². The summed E-state index contributed by atoms with van der Waals surface area (Å²) in [6, 6.07) is 7.34. The molecule has 0 saturated carbocycles. The molecule has 2 fully saturated rings. The summed E-state index contributed by atoms with van der Waals surface area (Å²) in [5.74, 6) is -2.58. The number of carboxylic acids is 1. The molecule has 0 aliphatic carbocycles. The lowest BCUT2D eigenvalue weighted by Crippen LogP contribution is -2.39. The van der Waals surface area contributed by atoms with E-state index < -0.39 is 29.5 Å². The van der Waals surface area contributed by atoms with Gasteiger partial charge in [0, 0.05) is 11.6 Å². The molecule has 1 aromatic rings. The SMILES string of the molecule is O=C(O)C1C2C=CC3(CN(Cc4ccccc4Cl)C(=O)C13)O2. The van der Waals surface area contributed by atoms with Crippen LogP contribution in [0.2, 0.25) is 5.02 Å². The number of hydrogen-bond acceptors (Lipinski definition) is 3. The minimum Gasteiger partial charge on any atom is -0.481 e. The van der Waals surface area contributed by atoms with Crippen LogP contribution in [0.15, 0.2) is 36.4 Å². The Morgan fingerprint density at radius 1 is 1.45 bits per heavy atom. The van der Waals surface area contributed by atoms with Crippen LogP contribution < -0.4 is 0 Å². The number of fused-ring (bicyclic) bond motifs is 1. The number of aliphatic carboxylic acids is 1. The predicted octanol–water partition coefficient (Wildman–Crippen LogP) is 1.71. The molecule has 3 heterocycles. The summed E-state index contributed by atoms with van der Waals surface area (Å²) in [6.45, 7) is 0.740. The number of nitrogens with zero attached hydrogens (tertiary/aromatic N) is 1. The van der Waals surface area contributed by atoms with E-state index in [0.29, 0.717) is 18.1 Å². The summed E-state index contributed by atoms with van der Waals surface area (Å²) in [6.07, 6.45) is 3.13. The van der Waals surface area contributed by atoms with Crippen LogP contribution in [0.1, 0.15) is 5.56 Å². The van der Waals surface area contributed by atoms with Crippen molar-refractivity contribution in [3.8, 4) is 0 Å². The summed E-state index contributed by atoms with van der Waals surface area (Å²) < 4.78 is 5.84. The zero-order valence-electron chi connectivity index (χ0n) is 11.6. The quantitative estimate of drug-likeness (QED) is 0.861. The molecule has 22 heavy (non-hydrogen) atoms. The van der Waals surface area contributed by atoms with Crippen LogP contribution in [0, 0.1) is 11.8 Å². The molecule has 0 aromatic heterocycles. The Balaban J connectivity index is 1.64. The first-order chi connectivity index (χ1) is 10.5. The van der Waals surface area contributed by atoms with E-state index in [1.807, 2.05) is 24.3 Å². The molecule has 5 nitrogen and oxygen atoms in total. The standard InChI is InChI=1S/C16H14ClNO4/c17-10-4-2-1-3-9(10)7-18-8-16-6-5-11(22-16)12(15(20)21)13(16)14(18)19/h1-6,11-13H,7-8H2,(H,20,21). The highest BCUT2D eigenvalue weighted by Crippen LogP contribution is 2.52. The molecule has 4 unspecified atom stereocenters. The monoisotopic (exact) mass is 319 g/mol. The second-order valence-electron chi connectivity index (χ2n) is 6.02.